The van der Waals surface area contributed by atoms with Gasteiger partial charge in [0.15, 0.2) is 0 Å². The Hall–Kier alpha value is -1.61. The van der Waals surface area contributed by atoms with E-state index < -0.39 is 0 Å². The zero-order valence-corrected chi connectivity index (χ0v) is 12.8. The van der Waals surface area contributed by atoms with Crippen LogP contribution in [0.4, 0.5) is 0 Å². The highest BCUT2D eigenvalue weighted by Crippen LogP contribution is 2.25. The molecule has 3 nitrogen and oxygen atoms in total. The first kappa shape index (κ1) is 14.3. The maximum atomic E-state index is 4.23. The van der Waals surface area contributed by atoms with Crippen molar-refractivity contribution in [3.8, 4) is 11.3 Å². The highest BCUT2D eigenvalue weighted by Gasteiger charge is 2.19. The van der Waals surface area contributed by atoms with Crippen molar-refractivity contribution in [2.24, 2.45) is 5.92 Å². The second kappa shape index (κ2) is 6.90. The number of benzene rings is 1. The molecule has 21 heavy (non-hydrogen) atoms. The Bertz CT molecular complexity index is 547. The van der Waals surface area contributed by atoms with Crippen LogP contribution >= 0.6 is 0 Å². The van der Waals surface area contributed by atoms with Crippen LogP contribution in [0.1, 0.15) is 44.6 Å². The zero-order valence-electron chi connectivity index (χ0n) is 12.8. The molecule has 3 rings (SSSR count). The quantitative estimate of drug-likeness (QED) is 0.828. The number of nitrogens with zero attached hydrogens (tertiary/aromatic N) is 1. The molecule has 0 spiro atoms. The minimum atomic E-state index is 0.644. The third-order valence-electron chi connectivity index (χ3n) is 4.70. The van der Waals surface area contributed by atoms with Crippen LogP contribution < -0.4 is 5.32 Å². The third-order valence-corrected chi connectivity index (χ3v) is 4.70. The van der Waals surface area contributed by atoms with E-state index in [0.717, 1.165) is 18.2 Å². The van der Waals surface area contributed by atoms with Gasteiger partial charge >= 0.3 is 0 Å². The molecule has 2 unspecified atom stereocenters. The van der Waals surface area contributed by atoms with Crippen molar-refractivity contribution in [3.63, 3.8) is 0 Å². The Morgan fingerprint density at radius 3 is 2.81 bits per heavy atom. The molecule has 112 valence electrons. The summed E-state index contributed by atoms with van der Waals surface area (Å²) in [6.45, 7) is 3.28. The predicted octanol–water partition coefficient (Wildman–Crippen LogP) is 4.14. The monoisotopic (exact) mass is 283 g/mol. The normalized spacial score (nSPS) is 22.9. The highest BCUT2D eigenvalue weighted by molar-refractivity contribution is 5.62. The Kier molecular flexibility index (Phi) is 4.71. The molecule has 1 saturated carbocycles. The van der Waals surface area contributed by atoms with E-state index in [2.05, 4.69) is 46.7 Å². The van der Waals surface area contributed by atoms with Crippen molar-refractivity contribution in [2.45, 2.75) is 51.6 Å². The van der Waals surface area contributed by atoms with Gasteiger partial charge in [-0.1, -0.05) is 56.5 Å². The molecule has 0 bridgehead atoms. The van der Waals surface area contributed by atoms with Crippen LogP contribution in [0.3, 0.4) is 0 Å². The molecule has 3 heteroatoms. The number of hydrogen-bond acceptors (Lipinski definition) is 2. The van der Waals surface area contributed by atoms with E-state index in [0.29, 0.717) is 6.04 Å². The van der Waals surface area contributed by atoms with Crippen LogP contribution in [0, 0.1) is 5.92 Å². The molecule has 0 saturated heterocycles. The van der Waals surface area contributed by atoms with E-state index in [9.17, 15) is 0 Å². The van der Waals surface area contributed by atoms with Crippen molar-refractivity contribution in [3.05, 3.63) is 42.1 Å². The Balaban J connectivity index is 1.67. The first-order chi connectivity index (χ1) is 10.3. The van der Waals surface area contributed by atoms with Crippen LogP contribution in [0.2, 0.25) is 0 Å². The van der Waals surface area contributed by atoms with E-state index in [1.807, 2.05) is 12.3 Å². The Labute approximate surface area is 127 Å². The smallest absolute Gasteiger partial charge is 0.0695 e. The zero-order chi connectivity index (χ0) is 14.5. The molecule has 1 aliphatic rings. The average molecular weight is 283 g/mol. The largest absolute Gasteiger partial charge is 0.310 e. The van der Waals surface area contributed by atoms with Gasteiger partial charge < -0.3 is 5.32 Å². The van der Waals surface area contributed by atoms with Crippen molar-refractivity contribution in [1.82, 2.24) is 15.5 Å². The summed E-state index contributed by atoms with van der Waals surface area (Å²) >= 11 is 0. The van der Waals surface area contributed by atoms with Crippen LogP contribution in [0.5, 0.6) is 0 Å². The first-order valence-electron chi connectivity index (χ1n) is 8.15. The molecule has 1 aromatic carbocycles. The molecule has 2 N–H and O–H groups in total. The number of H-pyrrole nitrogens is 1. The summed E-state index contributed by atoms with van der Waals surface area (Å²) in [5.74, 6) is 0.777. The number of rotatable bonds is 4. The second-order valence-corrected chi connectivity index (χ2v) is 6.24. The average Bonchev–Trinajstić information content (AvgIpc) is 2.89. The van der Waals surface area contributed by atoms with Gasteiger partial charge in [0.1, 0.15) is 0 Å². The number of hydrogen-bond donors (Lipinski definition) is 2. The second-order valence-electron chi connectivity index (χ2n) is 6.24. The maximum Gasteiger partial charge on any atom is 0.0695 e. The lowest BCUT2D eigenvalue weighted by atomic mass is 9.96. The van der Waals surface area contributed by atoms with Gasteiger partial charge in [0.05, 0.1) is 11.9 Å². The lowest BCUT2D eigenvalue weighted by Gasteiger charge is -2.22. The molecule has 2 atom stereocenters. The predicted molar refractivity (Wildman–Crippen MR) is 86.9 cm³/mol. The van der Waals surface area contributed by atoms with Crippen molar-refractivity contribution in [1.29, 1.82) is 0 Å². The summed E-state index contributed by atoms with van der Waals surface area (Å²) < 4.78 is 0. The molecule has 0 amide bonds. The molecule has 0 radical (unpaired) electrons. The molecule has 1 fully saturated rings. The minimum absolute atomic E-state index is 0.644. The van der Waals surface area contributed by atoms with Crippen LogP contribution in [0.15, 0.2) is 36.5 Å². The van der Waals surface area contributed by atoms with Crippen LogP contribution in [0.25, 0.3) is 11.3 Å². The molecule has 2 aromatic rings. The van der Waals surface area contributed by atoms with E-state index in [1.165, 1.54) is 43.2 Å². The lowest BCUT2D eigenvalue weighted by Crippen LogP contribution is -2.33. The fourth-order valence-electron chi connectivity index (χ4n) is 3.34. The Morgan fingerprint density at radius 1 is 1.14 bits per heavy atom. The van der Waals surface area contributed by atoms with Gasteiger partial charge in [-0.05, 0) is 24.3 Å². The number of aromatic amines is 1. The summed E-state index contributed by atoms with van der Waals surface area (Å²) in [7, 11) is 0. The third kappa shape index (κ3) is 3.53. The van der Waals surface area contributed by atoms with E-state index in [-0.39, 0.29) is 0 Å². The Morgan fingerprint density at radius 2 is 1.95 bits per heavy atom. The van der Waals surface area contributed by atoms with Gasteiger partial charge in [-0.15, -0.1) is 0 Å². The summed E-state index contributed by atoms with van der Waals surface area (Å²) in [5, 5.41) is 11.1. The van der Waals surface area contributed by atoms with Crippen molar-refractivity contribution >= 4 is 0 Å². The van der Waals surface area contributed by atoms with Gasteiger partial charge in [-0.3, -0.25) is 5.10 Å². The van der Waals surface area contributed by atoms with Crippen LogP contribution in [-0.2, 0) is 6.54 Å². The number of nitrogens with one attached hydrogen (secondary N) is 2. The van der Waals surface area contributed by atoms with Crippen molar-refractivity contribution < 1.29 is 0 Å². The van der Waals surface area contributed by atoms with E-state index in [1.54, 1.807) is 0 Å². The highest BCUT2D eigenvalue weighted by atomic mass is 15.1. The van der Waals surface area contributed by atoms with E-state index >= 15 is 0 Å². The number of aromatic nitrogens is 2. The lowest BCUT2D eigenvalue weighted by molar-refractivity contribution is 0.356. The molecule has 1 heterocycles. The summed E-state index contributed by atoms with van der Waals surface area (Å²) in [6, 6.07) is 11.1. The van der Waals surface area contributed by atoms with Crippen molar-refractivity contribution in [2.75, 3.05) is 0 Å². The molecule has 1 aliphatic carbocycles. The molecular formula is C18H25N3. The first-order valence-corrected chi connectivity index (χ1v) is 8.15. The minimum Gasteiger partial charge on any atom is -0.310 e. The van der Waals surface area contributed by atoms with Crippen LogP contribution in [-0.4, -0.2) is 16.2 Å². The summed E-state index contributed by atoms with van der Waals surface area (Å²) in [6.07, 6.45) is 8.76. The van der Waals surface area contributed by atoms with Gasteiger partial charge in [-0.25, -0.2) is 0 Å². The van der Waals surface area contributed by atoms with Gasteiger partial charge in [0.25, 0.3) is 0 Å². The molecule has 0 aliphatic heterocycles. The molecule has 1 aromatic heterocycles. The molecular weight excluding hydrogens is 258 g/mol. The van der Waals surface area contributed by atoms with Gasteiger partial charge in [-0.2, -0.15) is 5.10 Å². The van der Waals surface area contributed by atoms with Gasteiger partial charge in [0.2, 0.25) is 0 Å². The topological polar surface area (TPSA) is 40.7 Å². The summed E-state index contributed by atoms with van der Waals surface area (Å²) in [5.41, 5.74) is 3.61. The SMILES string of the molecule is CC1CCCCCC1NCc1cn[nH]c1-c1ccccc1. The summed E-state index contributed by atoms with van der Waals surface area (Å²) in [4.78, 5) is 0. The fraction of sp³-hybridized carbons (Fsp3) is 0.500. The fourth-order valence-corrected chi connectivity index (χ4v) is 3.34. The standard InChI is InChI=1S/C18H25N3/c1-14-8-4-2-7-11-17(14)19-12-16-13-20-21-18(16)15-9-5-3-6-10-15/h3,5-6,9-10,13-14,17,19H,2,4,7-8,11-12H2,1H3,(H,20,21). The maximum absolute atomic E-state index is 4.23. The van der Waals surface area contributed by atoms with Gasteiger partial charge in [0, 0.05) is 18.2 Å². The van der Waals surface area contributed by atoms with E-state index in [4.69, 9.17) is 0 Å².